The highest BCUT2D eigenvalue weighted by atomic mass is 35.5. The first-order valence-electron chi connectivity index (χ1n) is 10.2. The highest BCUT2D eigenvalue weighted by Crippen LogP contribution is 2.31. The van der Waals surface area contributed by atoms with Crippen molar-refractivity contribution in [1.29, 1.82) is 0 Å². The molecule has 5 nitrogen and oxygen atoms in total. The normalized spacial score (nSPS) is 11.3. The quantitative estimate of drug-likeness (QED) is 0.288. The molecule has 1 N–H and O–H groups in total. The lowest BCUT2D eigenvalue weighted by Gasteiger charge is -2.26. The van der Waals surface area contributed by atoms with Crippen molar-refractivity contribution in [1.82, 2.24) is 5.32 Å². The molecule has 0 aliphatic heterocycles. The number of anilines is 1. The van der Waals surface area contributed by atoms with E-state index in [0.717, 1.165) is 14.8 Å². The summed E-state index contributed by atoms with van der Waals surface area (Å²) in [5.74, 6) is 0.232. The smallest absolute Gasteiger partial charge is 0.264 e. The van der Waals surface area contributed by atoms with Gasteiger partial charge < -0.3 is 5.32 Å². The standard InChI is InChI=1S/C24H24Cl2N2O3S2/c1-17-6-12-21(13-7-17)33(30,31)28(23-5-3-4-22(26)18(23)2)16-24(29)27-14-15-32-20-10-8-19(25)9-11-20/h3-13H,14-16H2,1-2H3,(H,27,29). The fourth-order valence-corrected chi connectivity index (χ4v) is 5.62. The minimum Gasteiger partial charge on any atom is -0.354 e. The van der Waals surface area contributed by atoms with Crippen molar-refractivity contribution >= 4 is 56.6 Å². The van der Waals surface area contributed by atoms with Crippen LogP contribution in [0.3, 0.4) is 0 Å². The average molecular weight is 524 g/mol. The monoisotopic (exact) mass is 522 g/mol. The van der Waals surface area contributed by atoms with E-state index in [1.807, 2.05) is 31.2 Å². The summed E-state index contributed by atoms with van der Waals surface area (Å²) in [5.41, 5.74) is 1.89. The van der Waals surface area contributed by atoms with Crippen LogP contribution in [0.4, 0.5) is 5.69 Å². The van der Waals surface area contributed by atoms with E-state index in [2.05, 4.69) is 5.32 Å². The molecule has 0 heterocycles. The Kier molecular flexibility index (Phi) is 8.70. The zero-order valence-corrected chi connectivity index (χ0v) is 21.4. The third-order valence-corrected chi connectivity index (χ3v) is 8.36. The van der Waals surface area contributed by atoms with Crippen molar-refractivity contribution in [2.45, 2.75) is 23.6 Å². The van der Waals surface area contributed by atoms with Crippen molar-refractivity contribution in [3.8, 4) is 0 Å². The number of aryl methyl sites for hydroxylation is 1. The molecule has 0 radical (unpaired) electrons. The van der Waals surface area contributed by atoms with Gasteiger partial charge >= 0.3 is 0 Å². The molecule has 0 bridgehead atoms. The van der Waals surface area contributed by atoms with Crippen LogP contribution in [0.2, 0.25) is 10.0 Å². The molecule has 1 amide bonds. The number of amides is 1. The second-order valence-electron chi connectivity index (χ2n) is 7.36. The number of carbonyl (C=O) groups is 1. The molecule has 33 heavy (non-hydrogen) atoms. The number of thioether (sulfide) groups is 1. The average Bonchev–Trinajstić information content (AvgIpc) is 2.78. The summed E-state index contributed by atoms with van der Waals surface area (Å²) in [6, 6.07) is 19.0. The topological polar surface area (TPSA) is 66.5 Å². The van der Waals surface area contributed by atoms with Gasteiger partial charge in [0.2, 0.25) is 5.91 Å². The van der Waals surface area contributed by atoms with Crippen molar-refractivity contribution < 1.29 is 13.2 Å². The molecule has 0 saturated carbocycles. The third kappa shape index (κ3) is 6.67. The molecule has 0 spiro atoms. The Bertz CT molecular complexity index is 1220. The van der Waals surface area contributed by atoms with E-state index in [-0.39, 0.29) is 11.4 Å². The maximum atomic E-state index is 13.5. The van der Waals surface area contributed by atoms with E-state index < -0.39 is 15.9 Å². The van der Waals surface area contributed by atoms with Gasteiger partial charge in [0.1, 0.15) is 6.54 Å². The molecule has 0 aliphatic rings. The predicted molar refractivity (Wildman–Crippen MR) is 137 cm³/mol. The van der Waals surface area contributed by atoms with Crippen LogP contribution in [0.15, 0.2) is 76.5 Å². The van der Waals surface area contributed by atoms with Gasteiger partial charge in [-0.05, 0) is 67.9 Å². The summed E-state index contributed by atoms with van der Waals surface area (Å²) >= 11 is 13.7. The number of benzene rings is 3. The van der Waals surface area contributed by atoms with E-state index in [4.69, 9.17) is 23.2 Å². The van der Waals surface area contributed by atoms with Crippen LogP contribution in [0.5, 0.6) is 0 Å². The van der Waals surface area contributed by atoms with Crippen LogP contribution in [0.1, 0.15) is 11.1 Å². The fraction of sp³-hybridized carbons (Fsp3) is 0.208. The molecular formula is C24H24Cl2N2O3S2. The van der Waals surface area contributed by atoms with Gasteiger partial charge in [-0.15, -0.1) is 11.8 Å². The second-order valence-corrected chi connectivity index (χ2v) is 11.2. The first kappa shape index (κ1) is 25.4. The molecule has 3 aromatic rings. The van der Waals surface area contributed by atoms with Gasteiger partial charge in [0.15, 0.2) is 0 Å². The molecular weight excluding hydrogens is 499 g/mol. The Morgan fingerprint density at radius 3 is 2.30 bits per heavy atom. The summed E-state index contributed by atoms with van der Waals surface area (Å²) in [5, 5.41) is 3.90. The van der Waals surface area contributed by atoms with Crippen LogP contribution in [-0.4, -0.2) is 33.2 Å². The number of hydrogen-bond acceptors (Lipinski definition) is 4. The van der Waals surface area contributed by atoms with Gasteiger partial charge in [-0.1, -0.05) is 47.0 Å². The highest BCUT2D eigenvalue weighted by molar-refractivity contribution is 7.99. The molecule has 174 valence electrons. The third-order valence-electron chi connectivity index (χ3n) is 4.91. The molecule has 3 rings (SSSR count). The summed E-state index contributed by atoms with van der Waals surface area (Å²) in [6.07, 6.45) is 0. The Hall–Kier alpha value is -2.19. The van der Waals surface area contributed by atoms with E-state index in [9.17, 15) is 13.2 Å². The van der Waals surface area contributed by atoms with Crippen LogP contribution in [0.25, 0.3) is 0 Å². The number of halogens is 2. The largest absolute Gasteiger partial charge is 0.354 e. The number of nitrogens with one attached hydrogen (secondary N) is 1. The van der Waals surface area contributed by atoms with Crippen molar-refractivity contribution in [2.24, 2.45) is 0 Å². The molecule has 9 heteroatoms. The zero-order chi connectivity index (χ0) is 24.0. The molecule has 0 saturated heterocycles. The summed E-state index contributed by atoms with van der Waals surface area (Å²) in [6.45, 7) is 3.64. The summed E-state index contributed by atoms with van der Waals surface area (Å²) in [4.78, 5) is 13.9. The van der Waals surface area contributed by atoms with Crippen LogP contribution >= 0.6 is 35.0 Å². The lowest BCUT2D eigenvalue weighted by atomic mass is 10.2. The summed E-state index contributed by atoms with van der Waals surface area (Å²) in [7, 11) is -3.99. The van der Waals surface area contributed by atoms with Crippen molar-refractivity contribution in [3.05, 3.63) is 87.9 Å². The Balaban J connectivity index is 1.75. The highest BCUT2D eigenvalue weighted by Gasteiger charge is 2.28. The fourth-order valence-electron chi connectivity index (χ4n) is 3.08. The Morgan fingerprint density at radius 1 is 0.970 bits per heavy atom. The number of sulfonamides is 1. The van der Waals surface area contributed by atoms with Crippen molar-refractivity contribution in [3.63, 3.8) is 0 Å². The minimum absolute atomic E-state index is 0.110. The SMILES string of the molecule is Cc1ccc(S(=O)(=O)N(CC(=O)NCCSc2ccc(Cl)cc2)c2cccc(Cl)c2C)cc1. The van der Waals surface area contributed by atoms with Crippen LogP contribution in [-0.2, 0) is 14.8 Å². The van der Waals surface area contributed by atoms with Gasteiger partial charge in [0.25, 0.3) is 10.0 Å². The Morgan fingerprint density at radius 2 is 1.64 bits per heavy atom. The van der Waals surface area contributed by atoms with Crippen molar-refractivity contribution in [2.75, 3.05) is 23.1 Å². The van der Waals surface area contributed by atoms with E-state index in [1.54, 1.807) is 49.0 Å². The summed E-state index contributed by atoms with van der Waals surface area (Å²) < 4.78 is 28.1. The first-order valence-corrected chi connectivity index (χ1v) is 13.4. The molecule has 0 atom stereocenters. The number of rotatable bonds is 9. The minimum atomic E-state index is -3.99. The molecule has 0 unspecified atom stereocenters. The molecule has 3 aromatic carbocycles. The van der Waals surface area contributed by atoms with E-state index in [1.165, 1.54) is 12.1 Å². The maximum Gasteiger partial charge on any atom is 0.264 e. The Labute approximate surface area is 209 Å². The lowest BCUT2D eigenvalue weighted by molar-refractivity contribution is -0.119. The molecule has 0 fully saturated rings. The number of carbonyl (C=O) groups excluding carboxylic acids is 1. The maximum absolute atomic E-state index is 13.5. The van der Waals surface area contributed by atoms with Gasteiger partial charge in [-0.2, -0.15) is 0 Å². The number of nitrogens with zero attached hydrogens (tertiary/aromatic N) is 1. The van der Waals surface area contributed by atoms with E-state index >= 15 is 0 Å². The van der Waals surface area contributed by atoms with E-state index in [0.29, 0.717) is 33.6 Å². The van der Waals surface area contributed by atoms with Crippen LogP contribution < -0.4 is 9.62 Å². The van der Waals surface area contributed by atoms with Gasteiger partial charge in [-0.25, -0.2) is 8.42 Å². The molecule has 0 aromatic heterocycles. The van der Waals surface area contributed by atoms with Gasteiger partial charge in [0, 0.05) is 27.2 Å². The van der Waals surface area contributed by atoms with Gasteiger partial charge in [0.05, 0.1) is 10.6 Å². The zero-order valence-electron chi connectivity index (χ0n) is 18.2. The first-order chi connectivity index (χ1) is 15.7. The predicted octanol–water partition coefficient (Wildman–Crippen LogP) is 5.71. The number of hydrogen-bond donors (Lipinski definition) is 1. The van der Waals surface area contributed by atoms with Crippen LogP contribution in [0, 0.1) is 13.8 Å². The van der Waals surface area contributed by atoms with Gasteiger partial charge in [-0.3, -0.25) is 9.10 Å². The lowest BCUT2D eigenvalue weighted by Crippen LogP contribution is -2.41. The second kappa shape index (κ2) is 11.3. The molecule has 0 aliphatic carbocycles.